The van der Waals surface area contributed by atoms with E-state index in [-0.39, 0.29) is 11.6 Å². The fourth-order valence-electron chi connectivity index (χ4n) is 0.925. The quantitative estimate of drug-likeness (QED) is 0.716. The smallest absolute Gasteiger partial charge is 0.320 e. The first kappa shape index (κ1) is 10.5. The lowest BCUT2D eigenvalue weighted by Crippen LogP contribution is -2.43. The summed E-state index contributed by atoms with van der Waals surface area (Å²) in [6, 6.07) is 5.12. The Hall–Kier alpha value is -1.58. The van der Waals surface area contributed by atoms with Crippen LogP contribution in [-0.4, -0.2) is 16.6 Å². The highest BCUT2D eigenvalue weighted by Gasteiger charge is 2.13. The first-order chi connectivity index (χ1) is 6.47. The zero-order valence-electron chi connectivity index (χ0n) is 8.66. The summed E-state index contributed by atoms with van der Waals surface area (Å²) in [6.07, 6.45) is 1.63. The maximum atomic E-state index is 11.4. The third-order valence-corrected chi connectivity index (χ3v) is 1.40. The third-order valence-electron chi connectivity index (χ3n) is 1.40. The van der Waals surface area contributed by atoms with Crippen LogP contribution in [0.4, 0.5) is 10.6 Å². The summed E-state index contributed by atoms with van der Waals surface area (Å²) >= 11 is 0. The highest BCUT2D eigenvalue weighted by Crippen LogP contribution is 2.02. The van der Waals surface area contributed by atoms with E-state index in [0.717, 1.165) is 0 Å². The molecule has 4 heteroatoms. The molecule has 0 saturated heterocycles. The van der Waals surface area contributed by atoms with Crippen molar-refractivity contribution in [3.8, 4) is 0 Å². The second kappa shape index (κ2) is 4.09. The summed E-state index contributed by atoms with van der Waals surface area (Å²) < 4.78 is 0. The molecule has 1 aromatic heterocycles. The maximum absolute atomic E-state index is 11.4. The number of rotatable bonds is 1. The number of carbonyl (C=O) groups excluding carboxylic acids is 1. The Morgan fingerprint density at radius 2 is 2.07 bits per heavy atom. The van der Waals surface area contributed by atoms with Gasteiger partial charge >= 0.3 is 6.03 Å². The SMILES string of the molecule is CC(C)(C)NC(=O)Nc1ccccn1. The first-order valence-electron chi connectivity index (χ1n) is 4.47. The van der Waals surface area contributed by atoms with E-state index in [1.165, 1.54) is 0 Å². The minimum absolute atomic E-state index is 0.237. The summed E-state index contributed by atoms with van der Waals surface area (Å²) in [5.41, 5.74) is -0.237. The molecule has 0 aliphatic carbocycles. The van der Waals surface area contributed by atoms with Crippen LogP contribution in [0.3, 0.4) is 0 Å². The molecule has 0 radical (unpaired) electrons. The van der Waals surface area contributed by atoms with Crippen LogP contribution >= 0.6 is 0 Å². The van der Waals surface area contributed by atoms with Gasteiger partial charge in [-0.25, -0.2) is 9.78 Å². The number of pyridine rings is 1. The number of nitrogens with one attached hydrogen (secondary N) is 2. The van der Waals surface area contributed by atoms with Crippen LogP contribution in [0, 0.1) is 0 Å². The predicted octanol–water partition coefficient (Wildman–Crippen LogP) is 2.00. The average molecular weight is 193 g/mol. The molecular formula is C10H15N3O. The van der Waals surface area contributed by atoms with Gasteiger partial charge in [-0.2, -0.15) is 0 Å². The zero-order chi connectivity index (χ0) is 10.6. The lowest BCUT2D eigenvalue weighted by molar-refractivity contribution is 0.243. The Labute approximate surface area is 83.7 Å². The summed E-state index contributed by atoms with van der Waals surface area (Å²) in [6.45, 7) is 5.76. The van der Waals surface area contributed by atoms with E-state index in [2.05, 4.69) is 15.6 Å². The van der Waals surface area contributed by atoms with Gasteiger partial charge in [0.05, 0.1) is 0 Å². The lowest BCUT2D eigenvalue weighted by Gasteiger charge is -2.20. The molecule has 4 nitrogen and oxygen atoms in total. The van der Waals surface area contributed by atoms with Crippen LogP contribution in [0.25, 0.3) is 0 Å². The van der Waals surface area contributed by atoms with Gasteiger partial charge < -0.3 is 5.32 Å². The Morgan fingerprint density at radius 3 is 2.57 bits per heavy atom. The number of nitrogens with zero attached hydrogens (tertiary/aromatic N) is 1. The van der Waals surface area contributed by atoms with Gasteiger partial charge in [0.15, 0.2) is 0 Å². The number of hydrogen-bond donors (Lipinski definition) is 2. The molecule has 0 atom stereocenters. The van der Waals surface area contributed by atoms with Gasteiger partial charge in [-0.15, -0.1) is 0 Å². The van der Waals surface area contributed by atoms with Crippen molar-refractivity contribution < 1.29 is 4.79 Å². The number of aromatic nitrogens is 1. The molecule has 0 aromatic carbocycles. The monoisotopic (exact) mass is 193 g/mol. The van der Waals surface area contributed by atoms with E-state index in [9.17, 15) is 4.79 Å². The molecule has 1 heterocycles. The van der Waals surface area contributed by atoms with Gasteiger partial charge in [0.2, 0.25) is 0 Å². The Bertz CT molecular complexity index is 303. The molecule has 0 aliphatic rings. The molecule has 2 N–H and O–H groups in total. The van der Waals surface area contributed by atoms with Crippen molar-refractivity contribution in [1.29, 1.82) is 0 Å². The van der Waals surface area contributed by atoms with Gasteiger partial charge in [0, 0.05) is 11.7 Å². The van der Waals surface area contributed by atoms with Gasteiger partial charge in [-0.1, -0.05) is 6.07 Å². The van der Waals surface area contributed by atoms with E-state index >= 15 is 0 Å². The fraction of sp³-hybridized carbons (Fsp3) is 0.400. The molecule has 76 valence electrons. The summed E-state index contributed by atoms with van der Waals surface area (Å²) in [4.78, 5) is 15.3. The molecule has 0 fully saturated rings. The molecular weight excluding hydrogens is 178 g/mol. The standard InChI is InChI=1S/C10H15N3O/c1-10(2,3)13-9(14)12-8-6-4-5-7-11-8/h4-7H,1-3H3,(H2,11,12,13,14). The normalized spacial score (nSPS) is 10.8. The van der Waals surface area contributed by atoms with E-state index in [4.69, 9.17) is 0 Å². The summed E-state index contributed by atoms with van der Waals surface area (Å²) in [5, 5.41) is 5.41. The molecule has 1 aromatic rings. The van der Waals surface area contributed by atoms with Crippen molar-refractivity contribution in [2.75, 3.05) is 5.32 Å². The van der Waals surface area contributed by atoms with Crippen molar-refractivity contribution in [3.63, 3.8) is 0 Å². The summed E-state index contributed by atoms with van der Waals surface area (Å²) in [5.74, 6) is 0.550. The minimum Gasteiger partial charge on any atom is -0.333 e. The number of urea groups is 1. The number of hydrogen-bond acceptors (Lipinski definition) is 2. The van der Waals surface area contributed by atoms with Crippen molar-refractivity contribution >= 4 is 11.8 Å². The minimum atomic E-state index is -0.240. The topological polar surface area (TPSA) is 54.0 Å². The van der Waals surface area contributed by atoms with Crippen molar-refractivity contribution in [2.45, 2.75) is 26.3 Å². The predicted molar refractivity (Wildman–Crippen MR) is 56.1 cm³/mol. The Morgan fingerprint density at radius 1 is 1.36 bits per heavy atom. The number of amides is 2. The summed E-state index contributed by atoms with van der Waals surface area (Å²) in [7, 11) is 0. The van der Waals surface area contributed by atoms with Gasteiger partial charge in [-0.05, 0) is 32.9 Å². The zero-order valence-corrected chi connectivity index (χ0v) is 8.66. The molecule has 0 spiro atoms. The number of carbonyl (C=O) groups is 1. The van der Waals surface area contributed by atoms with Crippen LogP contribution in [0.5, 0.6) is 0 Å². The van der Waals surface area contributed by atoms with E-state index in [1.807, 2.05) is 26.8 Å². The fourth-order valence-corrected chi connectivity index (χ4v) is 0.925. The average Bonchev–Trinajstić information content (AvgIpc) is 2.02. The van der Waals surface area contributed by atoms with Crippen molar-refractivity contribution in [2.24, 2.45) is 0 Å². The van der Waals surface area contributed by atoms with Crippen LogP contribution in [0.15, 0.2) is 24.4 Å². The lowest BCUT2D eigenvalue weighted by atomic mass is 10.1. The first-order valence-corrected chi connectivity index (χ1v) is 4.47. The van der Waals surface area contributed by atoms with Crippen LogP contribution in [0.1, 0.15) is 20.8 Å². The van der Waals surface area contributed by atoms with Crippen molar-refractivity contribution in [1.82, 2.24) is 10.3 Å². The molecule has 0 saturated carbocycles. The molecule has 0 aliphatic heterocycles. The second-order valence-corrected chi connectivity index (χ2v) is 4.04. The number of anilines is 1. The van der Waals surface area contributed by atoms with E-state index in [0.29, 0.717) is 5.82 Å². The highest BCUT2D eigenvalue weighted by atomic mass is 16.2. The van der Waals surface area contributed by atoms with Crippen molar-refractivity contribution in [3.05, 3.63) is 24.4 Å². The Balaban J connectivity index is 2.50. The van der Waals surface area contributed by atoms with Crippen LogP contribution < -0.4 is 10.6 Å². The Kier molecular flexibility index (Phi) is 3.06. The van der Waals surface area contributed by atoms with Crippen LogP contribution in [-0.2, 0) is 0 Å². The van der Waals surface area contributed by atoms with Gasteiger partial charge in [-0.3, -0.25) is 5.32 Å². The molecule has 0 unspecified atom stereocenters. The maximum Gasteiger partial charge on any atom is 0.320 e. The molecule has 2 amide bonds. The third kappa shape index (κ3) is 3.89. The molecule has 14 heavy (non-hydrogen) atoms. The van der Waals surface area contributed by atoms with E-state index < -0.39 is 0 Å². The highest BCUT2D eigenvalue weighted by molar-refractivity contribution is 5.88. The van der Waals surface area contributed by atoms with E-state index in [1.54, 1.807) is 18.3 Å². The molecule has 1 rings (SSSR count). The van der Waals surface area contributed by atoms with Gasteiger partial charge in [0.25, 0.3) is 0 Å². The second-order valence-electron chi connectivity index (χ2n) is 4.04. The van der Waals surface area contributed by atoms with Crippen LogP contribution in [0.2, 0.25) is 0 Å². The largest absolute Gasteiger partial charge is 0.333 e. The molecule has 0 bridgehead atoms. The van der Waals surface area contributed by atoms with Gasteiger partial charge in [0.1, 0.15) is 5.82 Å².